The molecule has 0 aliphatic rings. The van der Waals surface area contributed by atoms with Crippen LogP contribution in [-0.2, 0) is 4.79 Å². The number of hydrogen-bond acceptors (Lipinski definition) is 5. The molecular formula is C13H17N3O3. The maximum absolute atomic E-state index is 11.3. The molecule has 0 unspecified atom stereocenters. The van der Waals surface area contributed by atoms with Crippen LogP contribution in [0.15, 0.2) is 18.2 Å². The van der Waals surface area contributed by atoms with E-state index in [1.165, 1.54) is 7.11 Å². The second-order valence-corrected chi connectivity index (χ2v) is 3.92. The molecule has 6 heteroatoms. The van der Waals surface area contributed by atoms with Gasteiger partial charge in [0.1, 0.15) is 6.54 Å². The highest BCUT2D eigenvalue weighted by atomic mass is 16.5. The second-order valence-electron chi connectivity index (χ2n) is 3.92. The average molecular weight is 263 g/mol. The molecule has 0 spiro atoms. The molecule has 1 amide bonds. The van der Waals surface area contributed by atoms with Crippen LogP contribution >= 0.6 is 0 Å². The summed E-state index contributed by atoms with van der Waals surface area (Å²) in [7, 11) is 1.52. The smallest absolute Gasteiger partial charge is 0.258 e. The third-order valence-corrected chi connectivity index (χ3v) is 2.44. The molecule has 0 aromatic heterocycles. The number of nitrogens with two attached hydrogens (primary N) is 1. The maximum atomic E-state index is 11.3. The van der Waals surface area contributed by atoms with Crippen molar-refractivity contribution in [3.05, 3.63) is 23.8 Å². The molecule has 0 saturated carbocycles. The Labute approximate surface area is 112 Å². The number of ether oxygens (including phenoxy) is 2. The predicted octanol–water partition coefficient (Wildman–Crippen LogP) is 0.733. The fourth-order valence-electron chi connectivity index (χ4n) is 1.42. The molecule has 0 saturated heterocycles. The number of methoxy groups -OCH3 is 1. The van der Waals surface area contributed by atoms with Crippen LogP contribution in [0.2, 0.25) is 0 Å². The number of rotatable bonds is 6. The van der Waals surface area contributed by atoms with Crippen molar-refractivity contribution in [2.24, 2.45) is 5.73 Å². The number of benzene rings is 1. The van der Waals surface area contributed by atoms with Crippen molar-refractivity contribution in [2.45, 2.75) is 13.0 Å². The minimum atomic E-state index is -0.361. The lowest BCUT2D eigenvalue weighted by atomic mass is 10.1. The number of carbonyl (C=O) groups excluding carboxylic acids is 1. The first kappa shape index (κ1) is 14.8. The van der Waals surface area contributed by atoms with Crippen molar-refractivity contribution in [1.29, 1.82) is 5.26 Å². The third kappa shape index (κ3) is 4.48. The molecule has 0 aliphatic carbocycles. The van der Waals surface area contributed by atoms with E-state index in [1.54, 1.807) is 12.1 Å². The summed E-state index contributed by atoms with van der Waals surface area (Å²) in [6.07, 6.45) is 0. The number of nitrogens with zero attached hydrogens (tertiary/aromatic N) is 1. The van der Waals surface area contributed by atoms with Crippen LogP contribution < -0.4 is 20.5 Å². The highest BCUT2D eigenvalue weighted by molar-refractivity contribution is 5.77. The third-order valence-electron chi connectivity index (χ3n) is 2.44. The van der Waals surface area contributed by atoms with Gasteiger partial charge >= 0.3 is 0 Å². The van der Waals surface area contributed by atoms with Crippen molar-refractivity contribution in [3.8, 4) is 17.6 Å². The van der Waals surface area contributed by atoms with E-state index in [2.05, 4.69) is 5.32 Å². The number of nitrogens with one attached hydrogen (secondary N) is 1. The van der Waals surface area contributed by atoms with Crippen LogP contribution in [0.4, 0.5) is 0 Å². The van der Waals surface area contributed by atoms with Crippen molar-refractivity contribution in [3.63, 3.8) is 0 Å². The Morgan fingerprint density at radius 3 is 2.84 bits per heavy atom. The van der Waals surface area contributed by atoms with Gasteiger partial charge in [0.25, 0.3) is 5.91 Å². The molecule has 3 N–H and O–H groups in total. The Balaban J connectivity index is 2.68. The molecule has 19 heavy (non-hydrogen) atoms. The van der Waals surface area contributed by atoms with Crippen molar-refractivity contribution in [1.82, 2.24) is 5.32 Å². The fraction of sp³-hybridized carbons (Fsp3) is 0.385. The topological polar surface area (TPSA) is 97.4 Å². The van der Waals surface area contributed by atoms with Gasteiger partial charge in [-0.3, -0.25) is 4.79 Å². The first-order chi connectivity index (χ1) is 9.08. The zero-order valence-electron chi connectivity index (χ0n) is 11.0. The minimum Gasteiger partial charge on any atom is -0.493 e. The summed E-state index contributed by atoms with van der Waals surface area (Å²) in [4.78, 5) is 11.3. The molecule has 102 valence electrons. The van der Waals surface area contributed by atoms with Crippen molar-refractivity contribution >= 4 is 5.91 Å². The van der Waals surface area contributed by atoms with Gasteiger partial charge in [0.15, 0.2) is 18.1 Å². The van der Waals surface area contributed by atoms with E-state index in [9.17, 15) is 4.79 Å². The molecule has 0 fully saturated rings. The molecule has 1 aromatic carbocycles. The predicted molar refractivity (Wildman–Crippen MR) is 69.7 cm³/mol. The van der Waals surface area contributed by atoms with Crippen LogP contribution in [0, 0.1) is 11.3 Å². The Hall–Kier alpha value is -2.26. The van der Waals surface area contributed by atoms with Gasteiger partial charge in [0.05, 0.1) is 13.2 Å². The van der Waals surface area contributed by atoms with Gasteiger partial charge in [-0.05, 0) is 24.6 Å². The summed E-state index contributed by atoms with van der Waals surface area (Å²) >= 11 is 0. The summed E-state index contributed by atoms with van der Waals surface area (Å²) in [5.74, 6) is 0.613. The van der Waals surface area contributed by atoms with Gasteiger partial charge in [0, 0.05) is 6.04 Å². The zero-order valence-corrected chi connectivity index (χ0v) is 11.0. The number of amides is 1. The summed E-state index contributed by atoms with van der Waals surface area (Å²) < 4.78 is 10.5. The van der Waals surface area contributed by atoms with Crippen LogP contribution in [0.5, 0.6) is 11.5 Å². The van der Waals surface area contributed by atoms with E-state index >= 15 is 0 Å². The van der Waals surface area contributed by atoms with Gasteiger partial charge in [0.2, 0.25) is 0 Å². The molecule has 1 rings (SSSR count). The number of carbonyl (C=O) groups is 1. The number of hydrogen-bond donors (Lipinski definition) is 2. The van der Waals surface area contributed by atoms with Gasteiger partial charge in [-0.25, -0.2) is 0 Å². The molecule has 0 aliphatic heterocycles. The Bertz CT molecular complexity index is 481. The van der Waals surface area contributed by atoms with Crippen molar-refractivity contribution < 1.29 is 14.3 Å². The lowest BCUT2D eigenvalue weighted by Crippen LogP contribution is -2.29. The van der Waals surface area contributed by atoms with Gasteiger partial charge in [-0.1, -0.05) is 6.07 Å². The second kappa shape index (κ2) is 7.24. The van der Waals surface area contributed by atoms with Gasteiger partial charge in [-0.2, -0.15) is 5.26 Å². The zero-order chi connectivity index (χ0) is 14.3. The quantitative estimate of drug-likeness (QED) is 0.737. The van der Waals surface area contributed by atoms with E-state index in [0.717, 1.165) is 5.56 Å². The molecule has 6 nitrogen and oxygen atoms in total. The highest BCUT2D eigenvalue weighted by Crippen LogP contribution is 2.29. The maximum Gasteiger partial charge on any atom is 0.258 e. The van der Waals surface area contributed by atoms with Crippen molar-refractivity contribution in [2.75, 3.05) is 20.3 Å². The monoisotopic (exact) mass is 263 g/mol. The molecule has 0 radical (unpaired) electrons. The van der Waals surface area contributed by atoms with Gasteiger partial charge in [-0.15, -0.1) is 0 Å². The largest absolute Gasteiger partial charge is 0.493 e. The standard InChI is InChI=1S/C13H17N3O3/c1-9(15)10-3-4-11(12(7-10)18-2)19-8-13(17)16-6-5-14/h3-4,7,9H,6,8,15H2,1-2H3,(H,16,17)/t9-/m0/s1. The Kier molecular flexibility index (Phi) is 5.64. The lowest BCUT2D eigenvalue weighted by molar-refractivity contribution is -0.122. The molecule has 0 heterocycles. The fourth-order valence-corrected chi connectivity index (χ4v) is 1.42. The molecule has 1 atom stereocenters. The van der Waals surface area contributed by atoms with E-state index in [0.29, 0.717) is 11.5 Å². The lowest BCUT2D eigenvalue weighted by Gasteiger charge is -2.13. The summed E-state index contributed by atoms with van der Waals surface area (Å²) in [6, 6.07) is 6.99. The van der Waals surface area contributed by atoms with E-state index in [1.807, 2.05) is 19.1 Å². The summed E-state index contributed by atoms with van der Waals surface area (Å²) in [6.45, 7) is 1.66. The first-order valence-corrected chi connectivity index (χ1v) is 5.78. The first-order valence-electron chi connectivity index (χ1n) is 5.78. The van der Waals surface area contributed by atoms with Crippen LogP contribution in [-0.4, -0.2) is 26.2 Å². The molecule has 0 bridgehead atoms. The average Bonchev–Trinajstić information content (AvgIpc) is 2.42. The SMILES string of the molecule is COc1cc([C@H](C)N)ccc1OCC(=O)NCC#N. The Morgan fingerprint density at radius 1 is 1.53 bits per heavy atom. The highest BCUT2D eigenvalue weighted by Gasteiger charge is 2.09. The summed E-state index contributed by atoms with van der Waals surface area (Å²) in [5.41, 5.74) is 6.69. The molecular weight excluding hydrogens is 246 g/mol. The van der Waals surface area contributed by atoms with Crippen LogP contribution in [0.1, 0.15) is 18.5 Å². The van der Waals surface area contributed by atoms with E-state index in [-0.39, 0.29) is 25.1 Å². The van der Waals surface area contributed by atoms with Crippen LogP contribution in [0.3, 0.4) is 0 Å². The van der Waals surface area contributed by atoms with E-state index in [4.69, 9.17) is 20.5 Å². The normalized spacial score (nSPS) is 11.3. The summed E-state index contributed by atoms with van der Waals surface area (Å²) in [5, 5.41) is 10.7. The minimum absolute atomic E-state index is 0.0387. The van der Waals surface area contributed by atoms with Gasteiger partial charge < -0.3 is 20.5 Å². The number of nitriles is 1. The van der Waals surface area contributed by atoms with Crippen LogP contribution in [0.25, 0.3) is 0 Å². The Morgan fingerprint density at radius 2 is 2.26 bits per heavy atom. The van der Waals surface area contributed by atoms with E-state index < -0.39 is 0 Å². The molecule has 1 aromatic rings.